The maximum atomic E-state index is 11.4. The zero-order chi connectivity index (χ0) is 14.1. The van der Waals surface area contributed by atoms with Crippen molar-refractivity contribution in [1.29, 1.82) is 0 Å². The first-order valence-corrected chi connectivity index (χ1v) is 6.91. The second-order valence-corrected chi connectivity index (χ2v) is 4.50. The fourth-order valence-electron chi connectivity index (χ4n) is 2.04. The summed E-state index contributed by atoms with van der Waals surface area (Å²) in [7, 11) is 0. The van der Waals surface area contributed by atoms with Crippen LogP contribution in [0.25, 0.3) is 0 Å². The van der Waals surface area contributed by atoms with Crippen molar-refractivity contribution in [2.75, 3.05) is 13.2 Å². The highest BCUT2D eigenvalue weighted by Gasteiger charge is 2.16. The molecule has 1 atom stereocenters. The van der Waals surface area contributed by atoms with Gasteiger partial charge in [-0.1, -0.05) is 19.8 Å². The Labute approximate surface area is 113 Å². The quantitative estimate of drug-likeness (QED) is 0.689. The van der Waals surface area contributed by atoms with E-state index >= 15 is 0 Å². The van der Waals surface area contributed by atoms with Crippen molar-refractivity contribution in [3.63, 3.8) is 0 Å². The van der Waals surface area contributed by atoms with Gasteiger partial charge in [0.05, 0.1) is 6.61 Å². The van der Waals surface area contributed by atoms with E-state index in [0.29, 0.717) is 31.4 Å². The van der Waals surface area contributed by atoms with E-state index in [-0.39, 0.29) is 5.82 Å². The van der Waals surface area contributed by atoms with Crippen LogP contribution >= 0.6 is 0 Å². The number of hydrogen-bond acceptors (Lipinski definition) is 6. The van der Waals surface area contributed by atoms with Crippen LogP contribution in [0.1, 0.15) is 56.0 Å². The van der Waals surface area contributed by atoms with Gasteiger partial charge in [0.15, 0.2) is 0 Å². The lowest BCUT2D eigenvalue weighted by molar-refractivity contribution is 0.0508. The number of ether oxygens (including phenoxy) is 1. The van der Waals surface area contributed by atoms with Gasteiger partial charge in [-0.2, -0.15) is 4.98 Å². The summed E-state index contributed by atoms with van der Waals surface area (Å²) >= 11 is 0. The molecule has 0 amide bonds. The lowest BCUT2D eigenvalue weighted by Gasteiger charge is -2.13. The number of aromatic nitrogens is 2. The summed E-state index contributed by atoms with van der Waals surface area (Å²) in [5, 5.41) is 3.62. The minimum atomic E-state index is -0.537. The number of nitrogens with zero attached hydrogens (tertiary/aromatic N) is 2. The van der Waals surface area contributed by atoms with Crippen molar-refractivity contribution < 1.29 is 14.1 Å². The Balaban J connectivity index is 2.46. The molecular weight excluding hydrogens is 246 g/mol. The predicted octanol–water partition coefficient (Wildman–Crippen LogP) is 1.94. The maximum absolute atomic E-state index is 11.4. The van der Waals surface area contributed by atoms with Crippen LogP contribution in [-0.4, -0.2) is 29.3 Å². The van der Waals surface area contributed by atoms with Crippen LogP contribution in [0.5, 0.6) is 0 Å². The highest BCUT2D eigenvalue weighted by Crippen LogP contribution is 2.17. The zero-order valence-electron chi connectivity index (χ0n) is 11.7. The summed E-state index contributed by atoms with van der Waals surface area (Å²) in [5.41, 5.74) is 5.59. The van der Waals surface area contributed by atoms with Crippen LogP contribution < -0.4 is 5.73 Å². The minimum absolute atomic E-state index is 0.00252. The summed E-state index contributed by atoms with van der Waals surface area (Å²) < 4.78 is 9.85. The molecule has 0 fully saturated rings. The molecular formula is C13H23N3O3. The first-order chi connectivity index (χ1) is 9.21. The molecule has 0 radical (unpaired) electrons. The Bertz CT molecular complexity index is 373. The smallest absolute Gasteiger partial charge is 0.379 e. The van der Waals surface area contributed by atoms with Gasteiger partial charge in [-0.05, 0) is 37.4 Å². The fourth-order valence-corrected chi connectivity index (χ4v) is 2.04. The van der Waals surface area contributed by atoms with Crippen LogP contribution in [0.15, 0.2) is 4.52 Å². The Kier molecular flexibility index (Phi) is 7.10. The number of aryl methyl sites for hydroxylation is 1. The summed E-state index contributed by atoms with van der Waals surface area (Å²) in [6.45, 7) is 4.90. The lowest BCUT2D eigenvalue weighted by atomic mass is 9.94. The molecule has 0 aliphatic rings. The van der Waals surface area contributed by atoms with E-state index in [2.05, 4.69) is 17.1 Å². The van der Waals surface area contributed by atoms with Crippen molar-refractivity contribution in [3.8, 4) is 0 Å². The molecule has 0 bridgehead atoms. The van der Waals surface area contributed by atoms with Crippen molar-refractivity contribution >= 4 is 5.97 Å². The third kappa shape index (κ3) is 5.38. The first-order valence-electron chi connectivity index (χ1n) is 6.91. The molecule has 0 aliphatic heterocycles. The average Bonchev–Trinajstić information content (AvgIpc) is 2.86. The van der Waals surface area contributed by atoms with Crippen molar-refractivity contribution in [3.05, 3.63) is 11.7 Å². The van der Waals surface area contributed by atoms with Gasteiger partial charge in [-0.25, -0.2) is 4.79 Å². The van der Waals surface area contributed by atoms with Crippen LogP contribution in [0.4, 0.5) is 0 Å². The molecule has 1 aromatic rings. The molecule has 0 aromatic carbocycles. The van der Waals surface area contributed by atoms with Crippen molar-refractivity contribution in [2.24, 2.45) is 11.7 Å². The van der Waals surface area contributed by atoms with E-state index in [1.54, 1.807) is 6.92 Å². The van der Waals surface area contributed by atoms with Crippen molar-refractivity contribution in [2.45, 2.75) is 46.0 Å². The fraction of sp³-hybridized carbons (Fsp3) is 0.769. The number of carbonyl (C=O) groups is 1. The minimum Gasteiger partial charge on any atom is -0.460 e. The molecule has 6 nitrogen and oxygen atoms in total. The number of hydrogen-bond donors (Lipinski definition) is 1. The summed E-state index contributed by atoms with van der Waals surface area (Å²) in [6, 6.07) is 0. The van der Waals surface area contributed by atoms with E-state index < -0.39 is 5.97 Å². The molecule has 1 unspecified atom stereocenters. The normalized spacial score (nSPS) is 12.4. The Hall–Kier alpha value is -1.43. The topological polar surface area (TPSA) is 91.2 Å². The number of nitrogens with two attached hydrogens (primary N) is 1. The zero-order valence-corrected chi connectivity index (χ0v) is 11.7. The molecule has 108 valence electrons. The molecule has 6 heteroatoms. The van der Waals surface area contributed by atoms with Gasteiger partial charge in [-0.3, -0.25) is 0 Å². The molecule has 0 saturated heterocycles. The molecule has 1 heterocycles. The SMILES string of the molecule is CCCC(CCN)CCc1nc(C(=O)OCC)no1. The second-order valence-electron chi connectivity index (χ2n) is 4.50. The molecule has 1 rings (SSSR count). The number of esters is 1. The van der Waals surface area contributed by atoms with Gasteiger partial charge in [0.25, 0.3) is 5.82 Å². The average molecular weight is 269 g/mol. The Morgan fingerprint density at radius 2 is 2.16 bits per heavy atom. The third-order valence-electron chi connectivity index (χ3n) is 2.96. The maximum Gasteiger partial charge on any atom is 0.379 e. The predicted molar refractivity (Wildman–Crippen MR) is 70.6 cm³/mol. The van der Waals surface area contributed by atoms with E-state index in [1.165, 1.54) is 0 Å². The monoisotopic (exact) mass is 269 g/mol. The van der Waals surface area contributed by atoms with Crippen LogP contribution in [0.3, 0.4) is 0 Å². The van der Waals surface area contributed by atoms with Gasteiger partial charge in [0.1, 0.15) is 0 Å². The summed E-state index contributed by atoms with van der Waals surface area (Å²) in [6.07, 6.45) is 4.93. The summed E-state index contributed by atoms with van der Waals surface area (Å²) in [4.78, 5) is 15.4. The second kappa shape index (κ2) is 8.63. The standard InChI is InChI=1S/C13H23N3O3/c1-3-5-10(8-9-14)6-7-11-15-12(16-19-11)13(17)18-4-2/h10H,3-9,14H2,1-2H3. The molecule has 0 aliphatic carbocycles. The third-order valence-corrected chi connectivity index (χ3v) is 2.96. The highest BCUT2D eigenvalue weighted by molar-refractivity contribution is 5.84. The molecule has 19 heavy (non-hydrogen) atoms. The van der Waals surface area contributed by atoms with E-state index in [4.69, 9.17) is 15.0 Å². The van der Waals surface area contributed by atoms with Crippen LogP contribution in [-0.2, 0) is 11.2 Å². The number of rotatable bonds is 9. The van der Waals surface area contributed by atoms with E-state index in [0.717, 1.165) is 25.7 Å². The molecule has 1 aromatic heterocycles. The lowest BCUT2D eigenvalue weighted by Crippen LogP contribution is -2.10. The largest absolute Gasteiger partial charge is 0.460 e. The Morgan fingerprint density at radius 3 is 2.79 bits per heavy atom. The summed E-state index contributed by atoms with van der Waals surface area (Å²) in [5.74, 6) is 0.529. The van der Waals surface area contributed by atoms with Gasteiger partial charge >= 0.3 is 5.97 Å². The highest BCUT2D eigenvalue weighted by atomic mass is 16.5. The molecule has 2 N–H and O–H groups in total. The molecule has 0 spiro atoms. The van der Waals surface area contributed by atoms with E-state index in [1.807, 2.05) is 0 Å². The van der Waals surface area contributed by atoms with Crippen LogP contribution in [0, 0.1) is 5.92 Å². The van der Waals surface area contributed by atoms with Crippen molar-refractivity contribution in [1.82, 2.24) is 10.1 Å². The number of carbonyl (C=O) groups excluding carboxylic acids is 1. The first kappa shape index (κ1) is 15.6. The van der Waals surface area contributed by atoms with Gasteiger partial charge in [0.2, 0.25) is 5.89 Å². The Morgan fingerprint density at radius 1 is 1.37 bits per heavy atom. The van der Waals surface area contributed by atoms with Gasteiger partial charge in [0, 0.05) is 6.42 Å². The van der Waals surface area contributed by atoms with Crippen LogP contribution in [0.2, 0.25) is 0 Å². The van der Waals surface area contributed by atoms with E-state index in [9.17, 15) is 4.79 Å². The van der Waals surface area contributed by atoms with Gasteiger partial charge < -0.3 is 15.0 Å². The van der Waals surface area contributed by atoms with Gasteiger partial charge in [-0.15, -0.1) is 0 Å². The molecule has 0 saturated carbocycles.